The van der Waals surface area contributed by atoms with Crippen molar-refractivity contribution in [2.75, 3.05) is 52.9 Å². The van der Waals surface area contributed by atoms with Crippen LogP contribution in [-0.4, -0.2) is 475 Å². The van der Waals surface area contributed by atoms with Crippen LogP contribution in [0.5, 0.6) is 0 Å². The fourth-order valence-electron chi connectivity index (χ4n) is 14.3. The number of aliphatic hydroxyl groups is 24. The van der Waals surface area contributed by atoms with Gasteiger partial charge in [-0.05, 0) is 6.92 Å². The second-order valence-electron chi connectivity index (χ2n) is 28.2. The highest BCUT2D eigenvalue weighted by atomic mass is 16.8. The molecule has 49 heteroatoms. The summed E-state index contributed by atoms with van der Waals surface area (Å²) in [6, 6.07) is -7.29. The SMILES string of the molecule is CC(=O)N[C@@H]1[C@@H](O)[C@H](O[C@@H]2O[C@H](CO)[C@@H](O[C@@H]3O[C@H](CO[C@H]4O[C@H](CO)[C@@H](O)[C@H](O)[C@@H]4O[C@@H]4O[C@H](CO)[C@@H](O)[C@H](O)[C@H]4NC(C)=O)[C@@H](O)[C@H](O[C@H]4O[C@H](CO)[C@@H](O)[C@H](O)[C@@H]4O[C@@H]4O[C@H](CO)[C@@H](O)[C@H](O)[C@H]4NC(C)=O)[C@@H]3O)[C@H](O)[C@H]2NC(C)=O)[C@@H](CO[C@@H]2O[C@@H](C)[C@@H](O[C@@H]3O[C@H](CO)[C@H](O)[C@H](O)[C@H]3O)[C@@H](O)[C@@H]2O)O[C@H]1O. The molecule has 0 radical (unpaired) electrons. The summed E-state index contributed by atoms with van der Waals surface area (Å²) >= 11 is 0. The summed E-state index contributed by atoms with van der Waals surface area (Å²) in [4.78, 5) is 50.6. The molecule has 28 N–H and O–H groups in total. The molecule has 9 aliphatic heterocycles. The highest BCUT2D eigenvalue weighted by Gasteiger charge is 2.60. The lowest BCUT2D eigenvalue weighted by atomic mass is 9.93. The van der Waals surface area contributed by atoms with Gasteiger partial charge >= 0.3 is 0 Å². The van der Waals surface area contributed by atoms with Gasteiger partial charge in [-0.2, -0.15) is 0 Å². The minimum atomic E-state index is -2.54. The Balaban J connectivity index is 1.02. The first kappa shape index (κ1) is 91.1. The van der Waals surface area contributed by atoms with Gasteiger partial charge < -0.3 is 224 Å². The summed E-state index contributed by atoms with van der Waals surface area (Å²) in [5.74, 6) is -3.53. The van der Waals surface area contributed by atoms with Gasteiger partial charge in [0.2, 0.25) is 23.6 Å². The van der Waals surface area contributed by atoms with Crippen LogP contribution in [0.3, 0.4) is 0 Å². The van der Waals surface area contributed by atoms with Crippen LogP contribution >= 0.6 is 0 Å². The van der Waals surface area contributed by atoms with Gasteiger partial charge in [-0.25, -0.2) is 0 Å². The van der Waals surface area contributed by atoms with Crippen molar-refractivity contribution in [1.82, 2.24) is 21.3 Å². The Morgan fingerprint density at radius 1 is 0.252 bits per heavy atom. The number of amides is 4. The molecule has 0 aromatic carbocycles. The number of nitrogens with one attached hydrogen (secondary N) is 4. The van der Waals surface area contributed by atoms with E-state index in [-0.39, 0.29) is 0 Å². The molecule has 0 spiro atoms. The lowest BCUT2D eigenvalue weighted by molar-refractivity contribution is -0.396. The van der Waals surface area contributed by atoms with Crippen LogP contribution in [0.2, 0.25) is 0 Å². The van der Waals surface area contributed by atoms with E-state index in [1.54, 1.807) is 0 Å². The van der Waals surface area contributed by atoms with E-state index in [1.807, 2.05) is 0 Å². The van der Waals surface area contributed by atoms with Crippen LogP contribution in [0.25, 0.3) is 0 Å². The Labute approximate surface area is 629 Å². The number of ether oxygens (including phenoxy) is 17. The zero-order valence-corrected chi connectivity index (χ0v) is 59.9. The smallest absolute Gasteiger partial charge is 0.217 e. The van der Waals surface area contributed by atoms with E-state index in [2.05, 4.69) is 21.3 Å². The zero-order valence-electron chi connectivity index (χ0n) is 59.9. The third-order valence-corrected chi connectivity index (χ3v) is 20.3. The van der Waals surface area contributed by atoms with Crippen molar-refractivity contribution >= 4 is 23.6 Å². The summed E-state index contributed by atoms with van der Waals surface area (Å²) < 4.78 is 101. The van der Waals surface area contributed by atoms with Crippen LogP contribution < -0.4 is 21.3 Å². The van der Waals surface area contributed by atoms with Crippen molar-refractivity contribution in [3.05, 3.63) is 0 Å². The van der Waals surface area contributed by atoms with Crippen LogP contribution in [-0.2, 0) is 99.7 Å². The van der Waals surface area contributed by atoms with E-state index in [1.165, 1.54) is 6.92 Å². The van der Waals surface area contributed by atoms with Gasteiger partial charge in [0.05, 0.1) is 59.0 Å². The third-order valence-electron chi connectivity index (χ3n) is 20.3. The molecule has 0 aromatic heterocycles. The molecule has 9 rings (SSSR count). The van der Waals surface area contributed by atoms with Gasteiger partial charge in [0, 0.05) is 27.7 Å². The van der Waals surface area contributed by atoms with Crippen molar-refractivity contribution in [3.8, 4) is 0 Å². The van der Waals surface area contributed by atoms with Gasteiger partial charge in [0.15, 0.2) is 56.6 Å². The number of carbonyl (C=O) groups is 4. The first-order valence-corrected chi connectivity index (χ1v) is 35.5. The van der Waals surface area contributed by atoms with Crippen LogP contribution in [0.4, 0.5) is 0 Å². The fraction of sp³-hybridized carbons (Fsp3) is 0.935. The van der Waals surface area contributed by atoms with E-state index < -0.39 is 353 Å². The van der Waals surface area contributed by atoms with Gasteiger partial charge in [-0.3, -0.25) is 19.2 Å². The van der Waals surface area contributed by atoms with E-state index in [9.17, 15) is 142 Å². The maximum Gasteiger partial charge on any atom is 0.217 e. The number of carbonyl (C=O) groups excluding carboxylic acids is 4. The molecule has 0 aromatic rings. The predicted octanol–water partition coefficient (Wildman–Crippen LogP) is -19.0. The molecule has 0 bridgehead atoms. The molecule has 0 unspecified atom stereocenters. The monoisotopic (exact) mass is 1620 g/mol. The summed E-state index contributed by atoms with van der Waals surface area (Å²) in [5, 5.41) is 275. The second-order valence-corrected chi connectivity index (χ2v) is 28.2. The van der Waals surface area contributed by atoms with Crippen molar-refractivity contribution in [2.24, 2.45) is 0 Å². The molecule has 45 atom stereocenters. The minimum absolute atomic E-state index is 0.835. The molecule has 9 fully saturated rings. The quantitative estimate of drug-likeness (QED) is 0.0346. The maximum atomic E-state index is 13.2. The van der Waals surface area contributed by atoms with Gasteiger partial charge in [-0.15, -0.1) is 0 Å². The van der Waals surface area contributed by atoms with E-state index in [0.29, 0.717) is 0 Å². The normalized spacial score (nSPS) is 49.3. The topological polar surface area (TPSA) is 759 Å². The first-order chi connectivity index (χ1) is 52.4. The third kappa shape index (κ3) is 20.3. The zero-order chi connectivity index (χ0) is 81.8. The summed E-state index contributed by atoms with van der Waals surface area (Å²) in [5.41, 5.74) is 0. The van der Waals surface area contributed by atoms with Crippen molar-refractivity contribution < 1.29 is 222 Å². The molecule has 0 aliphatic carbocycles. The molecule has 9 aliphatic rings. The Morgan fingerprint density at radius 3 is 1.04 bits per heavy atom. The molecule has 642 valence electrons. The average molecular weight is 1630 g/mol. The number of rotatable bonds is 28. The number of hydrogen-bond acceptors (Lipinski definition) is 45. The molecule has 9 heterocycles. The van der Waals surface area contributed by atoms with E-state index in [4.69, 9.17) is 80.5 Å². The predicted molar refractivity (Wildman–Crippen MR) is 342 cm³/mol. The number of aliphatic hydroxyl groups excluding tert-OH is 24. The molecule has 49 nitrogen and oxygen atoms in total. The van der Waals surface area contributed by atoms with Crippen LogP contribution in [0.15, 0.2) is 0 Å². The lowest BCUT2D eigenvalue weighted by Gasteiger charge is -2.51. The molecular formula is C62H104N4O45. The van der Waals surface area contributed by atoms with Crippen molar-refractivity contribution in [2.45, 2.75) is 311 Å². The molecule has 111 heavy (non-hydrogen) atoms. The standard InChI is InChI=1S/C62H104N4O45/c1-14-48(106-59-45(91)41(87)33(79)21(8-69)101-59)44(90)46(92)58(97-14)95-13-26-50(39(85)27(54(94)98-26)63-15(2)73)107-57-30(66-18(5)76)40(86)49(24(11-72)104-57)108-60-47(93)51(109-62-53(43(89)35(81)23(10-71)103-62)111-56-29(65-17(4)75)38(84)32(78)20(7-68)100-56)36(82)25(105-60)12-96-61-52(42(88)34(80)22(9-70)102-61)110-55-28(64-16(3)74)37(83)31(77)19(6-67)99-55/h14,19-62,67-72,77-94H,6-13H2,1-5H3,(H,63,73)(H,64,74)(H,65,75)(H,66,76)/t14-,19+,20+,21+,22+,23+,24+,25+,26+,27+,28+,29+,30+,31+,32+,33-,34+,35+,36+,37+,38+,39+,40+,41-,42-,43-,44-,45+,46-,47-,48+,49+,50+,51-,52-,53-,54+,55-,56-,57-,58+,59-,60-,61-,62+/m0/s1. The fourth-order valence-corrected chi connectivity index (χ4v) is 14.3. The molecule has 0 saturated carbocycles. The maximum absolute atomic E-state index is 13.2. The van der Waals surface area contributed by atoms with Gasteiger partial charge in [0.25, 0.3) is 0 Å². The largest absolute Gasteiger partial charge is 0.394 e. The minimum Gasteiger partial charge on any atom is -0.394 e. The van der Waals surface area contributed by atoms with Crippen LogP contribution in [0, 0.1) is 0 Å². The van der Waals surface area contributed by atoms with Crippen molar-refractivity contribution in [3.63, 3.8) is 0 Å². The van der Waals surface area contributed by atoms with Crippen molar-refractivity contribution in [1.29, 1.82) is 0 Å². The van der Waals surface area contributed by atoms with Gasteiger partial charge in [-0.1, -0.05) is 0 Å². The first-order valence-electron chi connectivity index (χ1n) is 35.5. The summed E-state index contributed by atoms with van der Waals surface area (Å²) in [6.45, 7) is -3.14. The van der Waals surface area contributed by atoms with E-state index in [0.717, 1.165) is 27.7 Å². The Morgan fingerprint density at radius 2 is 0.559 bits per heavy atom. The average Bonchev–Trinajstić information content (AvgIpc) is 0.777. The highest BCUT2D eigenvalue weighted by Crippen LogP contribution is 2.39. The van der Waals surface area contributed by atoms with Gasteiger partial charge in [0.1, 0.15) is 213 Å². The second kappa shape index (κ2) is 39.7. The Kier molecular flexibility index (Phi) is 32.6. The Bertz CT molecular complexity index is 2950. The highest BCUT2D eigenvalue weighted by molar-refractivity contribution is 5.74. The lowest BCUT2D eigenvalue weighted by Crippen LogP contribution is -2.71. The Hall–Kier alpha value is -3.76. The van der Waals surface area contributed by atoms with E-state index >= 15 is 0 Å². The number of hydrogen-bond donors (Lipinski definition) is 28. The molecule has 4 amide bonds. The van der Waals surface area contributed by atoms with Crippen LogP contribution in [0.1, 0.15) is 34.6 Å². The summed E-state index contributed by atoms with van der Waals surface area (Å²) in [6.07, 6.45) is -82.5. The molecular weight excluding hydrogens is 1520 g/mol. The summed E-state index contributed by atoms with van der Waals surface area (Å²) in [7, 11) is 0. The molecule has 9 saturated heterocycles.